The van der Waals surface area contributed by atoms with E-state index < -0.39 is 43.7 Å². The smallest absolute Gasteiger partial charge is 0.317 e. The van der Waals surface area contributed by atoms with E-state index in [1.807, 2.05) is 48.5 Å². The molecule has 1 N–H and O–H groups in total. The Balaban J connectivity index is 1.33. The zero-order chi connectivity index (χ0) is 33.2. The predicted octanol–water partition coefficient (Wildman–Crippen LogP) is 8.69. The number of anilines is 1. The van der Waals surface area contributed by atoms with Crippen molar-refractivity contribution in [1.29, 1.82) is 0 Å². The van der Waals surface area contributed by atoms with Gasteiger partial charge in [-0.1, -0.05) is 19.3 Å². The van der Waals surface area contributed by atoms with Gasteiger partial charge in [-0.2, -0.15) is 14.6 Å². The topological polar surface area (TPSA) is 118 Å². The number of amides is 1. The monoisotopic (exact) mass is 675 g/mol. The number of thiazole rings is 1. The molecule has 1 aliphatic carbocycles. The number of carbonyl (C=O) groups excluding carboxylic acids is 1. The first-order valence-electron chi connectivity index (χ1n) is 15.2. The molecule has 248 valence electrons. The molecule has 1 fully saturated rings. The average Bonchev–Trinajstić information content (AvgIpc) is 3.73. The third-order valence-corrected chi connectivity index (χ3v) is 9.62. The molecular weight excluding hydrogens is 635 g/mol. The largest absolute Gasteiger partial charge is 0.335 e. The summed E-state index contributed by atoms with van der Waals surface area (Å²) in [6.07, 6.45) is 9.63. The van der Waals surface area contributed by atoms with E-state index in [9.17, 15) is 13.6 Å². The number of hydrogen-bond donors (Lipinski definition) is 1. The standard InChI is InChI=1S/C31H40F2N7O4PS/c1-19(42-45(43-30(2,3)4)44-31(5,6)7)39-16-20(15-34-39)29-36-24(18-46-29)28(41)35-23-17-40(21-11-9-8-10-12-21)38-27(23)26-22(32)13-14-25(33)37-26/h13-19,21H,8-12H2,1-7H3,(H,35,41). The van der Waals surface area contributed by atoms with Crippen LogP contribution in [0.25, 0.3) is 22.0 Å². The number of hydrogen-bond acceptors (Lipinski definition) is 9. The maximum atomic E-state index is 14.8. The van der Waals surface area contributed by atoms with Crippen molar-refractivity contribution in [3.8, 4) is 22.0 Å². The van der Waals surface area contributed by atoms with E-state index in [1.54, 1.807) is 33.3 Å². The minimum atomic E-state index is -1.68. The Morgan fingerprint density at radius 1 is 1.02 bits per heavy atom. The van der Waals surface area contributed by atoms with Crippen LogP contribution < -0.4 is 5.32 Å². The van der Waals surface area contributed by atoms with Gasteiger partial charge in [-0.25, -0.2) is 19.0 Å². The van der Waals surface area contributed by atoms with Crippen LogP contribution in [0.5, 0.6) is 0 Å². The van der Waals surface area contributed by atoms with Crippen LogP contribution in [-0.4, -0.2) is 46.6 Å². The van der Waals surface area contributed by atoms with E-state index in [0.29, 0.717) is 10.6 Å². The maximum Gasteiger partial charge on any atom is 0.335 e. The second kappa shape index (κ2) is 13.9. The molecular formula is C31H40F2N7O4PS. The van der Waals surface area contributed by atoms with Crippen molar-refractivity contribution in [3.05, 3.63) is 53.6 Å². The summed E-state index contributed by atoms with van der Waals surface area (Å²) in [6.45, 7) is 13.5. The molecule has 1 amide bonds. The molecule has 0 aromatic carbocycles. The third kappa shape index (κ3) is 8.80. The second-order valence-electron chi connectivity index (χ2n) is 13.2. The Morgan fingerprint density at radius 3 is 2.39 bits per heavy atom. The summed E-state index contributed by atoms with van der Waals surface area (Å²) in [4.78, 5) is 21.7. The molecule has 0 radical (unpaired) electrons. The number of rotatable bonds is 10. The average molecular weight is 676 g/mol. The fraction of sp³-hybridized carbons (Fsp3) is 0.516. The molecule has 1 unspecified atom stereocenters. The third-order valence-electron chi connectivity index (χ3n) is 6.86. The van der Waals surface area contributed by atoms with Crippen molar-refractivity contribution in [2.24, 2.45) is 0 Å². The summed E-state index contributed by atoms with van der Waals surface area (Å²) in [7, 11) is -1.68. The number of pyridine rings is 1. The fourth-order valence-corrected chi connectivity index (χ4v) is 6.94. The van der Waals surface area contributed by atoms with Gasteiger partial charge in [0.15, 0.2) is 12.0 Å². The highest BCUT2D eigenvalue weighted by Crippen LogP contribution is 2.49. The van der Waals surface area contributed by atoms with Crippen molar-refractivity contribution < 1.29 is 27.1 Å². The first-order chi connectivity index (χ1) is 21.6. The van der Waals surface area contributed by atoms with Crippen molar-refractivity contribution in [2.75, 3.05) is 5.32 Å². The van der Waals surface area contributed by atoms with Gasteiger partial charge in [0.2, 0.25) is 5.95 Å². The predicted molar refractivity (Wildman–Crippen MR) is 173 cm³/mol. The first kappa shape index (κ1) is 34.2. The van der Waals surface area contributed by atoms with Crippen LogP contribution in [0, 0.1) is 11.8 Å². The summed E-state index contributed by atoms with van der Waals surface area (Å²) < 4.78 is 50.4. The van der Waals surface area contributed by atoms with Gasteiger partial charge >= 0.3 is 8.60 Å². The summed E-state index contributed by atoms with van der Waals surface area (Å²) >= 11 is 1.27. The van der Waals surface area contributed by atoms with Gasteiger partial charge in [-0.15, -0.1) is 11.3 Å². The molecule has 4 heterocycles. The van der Waals surface area contributed by atoms with E-state index in [1.165, 1.54) is 11.3 Å². The Kier molecular flexibility index (Phi) is 10.3. The van der Waals surface area contributed by atoms with Crippen molar-refractivity contribution in [2.45, 2.75) is 104 Å². The van der Waals surface area contributed by atoms with Crippen LogP contribution >= 0.6 is 19.9 Å². The van der Waals surface area contributed by atoms with Gasteiger partial charge in [-0.3, -0.25) is 14.0 Å². The number of carbonyl (C=O) groups is 1. The van der Waals surface area contributed by atoms with Crippen LogP contribution in [0.2, 0.25) is 0 Å². The molecule has 46 heavy (non-hydrogen) atoms. The van der Waals surface area contributed by atoms with E-state index >= 15 is 0 Å². The normalized spacial score (nSPS) is 15.4. The lowest BCUT2D eigenvalue weighted by Gasteiger charge is -2.31. The molecule has 11 nitrogen and oxygen atoms in total. The van der Waals surface area contributed by atoms with Crippen LogP contribution in [0.4, 0.5) is 14.5 Å². The van der Waals surface area contributed by atoms with Gasteiger partial charge in [0.05, 0.1) is 29.1 Å². The van der Waals surface area contributed by atoms with E-state index in [4.69, 9.17) is 13.6 Å². The van der Waals surface area contributed by atoms with E-state index in [0.717, 1.165) is 44.2 Å². The van der Waals surface area contributed by atoms with Gasteiger partial charge in [0, 0.05) is 23.3 Å². The number of nitrogens with zero attached hydrogens (tertiary/aromatic N) is 6. The Labute approximate surface area is 272 Å². The number of nitrogens with one attached hydrogen (secondary N) is 1. The van der Waals surface area contributed by atoms with Gasteiger partial charge in [-0.05, 0) is 73.4 Å². The molecule has 4 aromatic rings. The minimum absolute atomic E-state index is 0.0625. The van der Waals surface area contributed by atoms with Crippen molar-refractivity contribution in [1.82, 2.24) is 29.5 Å². The fourth-order valence-electron chi connectivity index (χ4n) is 4.80. The van der Waals surface area contributed by atoms with Crippen molar-refractivity contribution in [3.63, 3.8) is 0 Å². The molecule has 1 saturated carbocycles. The number of aromatic nitrogens is 6. The van der Waals surface area contributed by atoms with Gasteiger partial charge in [0.25, 0.3) is 5.91 Å². The van der Waals surface area contributed by atoms with Crippen LogP contribution in [0.3, 0.4) is 0 Å². The van der Waals surface area contributed by atoms with E-state index in [-0.39, 0.29) is 28.8 Å². The van der Waals surface area contributed by atoms with Gasteiger partial charge < -0.3 is 14.4 Å². The summed E-state index contributed by atoms with van der Waals surface area (Å²) in [6, 6.07) is 2.04. The van der Waals surface area contributed by atoms with Crippen molar-refractivity contribution >= 4 is 31.5 Å². The zero-order valence-electron chi connectivity index (χ0n) is 27.1. The number of halogens is 2. The quantitative estimate of drug-likeness (QED) is 0.131. The van der Waals surface area contributed by atoms with Gasteiger partial charge in [0.1, 0.15) is 22.1 Å². The lowest BCUT2D eigenvalue weighted by Crippen LogP contribution is -2.23. The Hall–Kier alpha value is -3.16. The highest BCUT2D eigenvalue weighted by Gasteiger charge is 2.30. The molecule has 0 spiro atoms. The Bertz CT molecular complexity index is 1640. The Morgan fingerprint density at radius 2 is 1.72 bits per heavy atom. The SMILES string of the molecule is CC(OP(OC(C)(C)C)OC(C)(C)C)n1cc(-c2nc(C(=O)Nc3cn(C4CCCCC4)nc3-c3nc(F)ccc3F)cs2)cn1. The zero-order valence-corrected chi connectivity index (χ0v) is 28.8. The highest BCUT2D eigenvalue weighted by atomic mass is 32.1. The minimum Gasteiger partial charge on any atom is -0.317 e. The molecule has 1 atom stereocenters. The molecule has 0 aliphatic heterocycles. The van der Waals surface area contributed by atoms with Crippen LogP contribution in [-0.2, 0) is 13.6 Å². The summed E-state index contributed by atoms with van der Waals surface area (Å²) in [5.74, 6) is -2.10. The van der Waals surface area contributed by atoms with E-state index in [2.05, 4.69) is 25.5 Å². The summed E-state index contributed by atoms with van der Waals surface area (Å²) in [5, 5.41) is 14.0. The first-order valence-corrected chi connectivity index (χ1v) is 17.2. The van der Waals surface area contributed by atoms with Crippen LogP contribution in [0.15, 0.2) is 36.1 Å². The lowest BCUT2D eigenvalue weighted by molar-refractivity contribution is 0.00547. The summed E-state index contributed by atoms with van der Waals surface area (Å²) in [5.41, 5.74) is -0.0739. The molecule has 0 bridgehead atoms. The molecule has 0 saturated heterocycles. The molecule has 4 aromatic heterocycles. The molecule has 15 heteroatoms. The molecule has 1 aliphatic rings. The molecule has 5 rings (SSSR count). The maximum absolute atomic E-state index is 14.8. The van der Waals surface area contributed by atoms with Crippen LogP contribution in [0.1, 0.15) is 103 Å². The highest BCUT2D eigenvalue weighted by molar-refractivity contribution is 7.41. The lowest BCUT2D eigenvalue weighted by atomic mass is 9.96. The second-order valence-corrected chi connectivity index (χ2v) is 15.0.